The Morgan fingerprint density at radius 3 is 2.26 bits per heavy atom. The minimum atomic E-state index is -5.39. The maximum Gasteiger partial charge on any atom is 0.420 e. The number of rotatable bonds is 6. The number of anilines is 1. The number of ether oxygens (including phenoxy) is 1. The molecule has 0 atom stereocenters. The number of β-amino-alcohol motifs (C(OH)–C–C–N with tert-alkyl or cyclic N) is 1. The third kappa shape index (κ3) is 5.93. The fraction of sp³-hybridized carbons (Fsp3) is 0.391. The summed E-state index contributed by atoms with van der Waals surface area (Å²) in [4.78, 5) is 27.1. The van der Waals surface area contributed by atoms with Gasteiger partial charge in [0, 0.05) is 32.7 Å². The number of halogens is 7. The Labute approximate surface area is 211 Å². The Hall–Kier alpha value is -3.59. The third-order valence-corrected chi connectivity index (χ3v) is 6.03. The Bertz CT molecular complexity index is 1210. The first-order chi connectivity index (χ1) is 17.7. The molecule has 3 amide bonds. The Morgan fingerprint density at radius 1 is 1.05 bits per heavy atom. The Balaban J connectivity index is 1.67. The summed E-state index contributed by atoms with van der Waals surface area (Å²) in [5.74, 6) is -1.85. The molecule has 0 radical (unpaired) electrons. The molecular weight excluding hydrogens is 529 g/mol. The molecule has 8 nitrogen and oxygen atoms in total. The van der Waals surface area contributed by atoms with E-state index in [0.29, 0.717) is 16.5 Å². The number of benzene rings is 2. The number of amides is 3. The van der Waals surface area contributed by atoms with Crippen LogP contribution in [0.25, 0.3) is 0 Å². The first kappa shape index (κ1) is 27.4. The summed E-state index contributed by atoms with van der Waals surface area (Å²) in [6.07, 6.45) is -12.1. The second-order valence-electron chi connectivity index (χ2n) is 8.92. The van der Waals surface area contributed by atoms with E-state index in [9.17, 15) is 45.4 Å². The van der Waals surface area contributed by atoms with Crippen LogP contribution in [0.15, 0.2) is 36.4 Å². The highest BCUT2D eigenvalue weighted by molar-refractivity contribution is 5.96. The van der Waals surface area contributed by atoms with E-state index in [1.165, 1.54) is 12.1 Å². The van der Waals surface area contributed by atoms with E-state index < -0.39 is 58.5 Å². The van der Waals surface area contributed by atoms with Gasteiger partial charge in [0.15, 0.2) is 5.75 Å². The van der Waals surface area contributed by atoms with E-state index in [-0.39, 0.29) is 45.3 Å². The highest BCUT2D eigenvalue weighted by Crippen LogP contribution is 2.46. The molecule has 0 saturated carbocycles. The van der Waals surface area contributed by atoms with E-state index >= 15 is 0 Å². The number of hydrogen-bond donors (Lipinski definition) is 3. The lowest BCUT2D eigenvalue weighted by Crippen LogP contribution is -2.64. The molecule has 0 aromatic heterocycles. The minimum absolute atomic E-state index is 0.102. The highest BCUT2D eigenvalue weighted by atomic mass is 19.4. The summed E-state index contributed by atoms with van der Waals surface area (Å²) in [6, 6.07) is 3.89. The van der Waals surface area contributed by atoms with Gasteiger partial charge in [-0.05, 0) is 29.8 Å². The molecule has 0 unspecified atom stereocenters. The molecule has 3 N–H and O–H groups in total. The molecule has 0 aliphatic carbocycles. The standard InChI is InChI=1S/C23H21F7N4O4/c24-15-3-1-13(2-4-15)9-32-19(35)38-18-16(23(28,29)30)7-14(22(25,26)27)8-17(18)34-6-5-33(20(34)36)12-21(37)10-31-11-21/h1-4,7-8,31,37H,5-6,9-12H2,(H,32,35). The maximum atomic E-state index is 13.9. The molecule has 2 aromatic rings. The molecule has 2 aromatic carbocycles. The summed E-state index contributed by atoms with van der Waals surface area (Å²) in [6.45, 7) is -0.611. The summed E-state index contributed by atoms with van der Waals surface area (Å²) in [5, 5.41) is 15.3. The van der Waals surface area contributed by atoms with Crippen LogP contribution >= 0.6 is 0 Å². The summed E-state index contributed by atoms with van der Waals surface area (Å²) in [5.41, 5.74) is -5.44. The van der Waals surface area contributed by atoms with Gasteiger partial charge < -0.3 is 25.4 Å². The lowest BCUT2D eigenvalue weighted by atomic mass is 9.97. The van der Waals surface area contributed by atoms with Crippen LogP contribution in [0.5, 0.6) is 5.75 Å². The van der Waals surface area contributed by atoms with Gasteiger partial charge in [-0.1, -0.05) is 12.1 Å². The van der Waals surface area contributed by atoms with Gasteiger partial charge in [-0.15, -0.1) is 0 Å². The van der Waals surface area contributed by atoms with Crippen molar-refractivity contribution < 1.29 is 50.2 Å². The van der Waals surface area contributed by atoms with Crippen molar-refractivity contribution in [3.8, 4) is 5.75 Å². The van der Waals surface area contributed by atoms with Crippen LogP contribution in [0.4, 0.5) is 46.0 Å². The van der Waals surface area contributed by atoms with Crippen molar-refractivity contribution in [1.82, 2.24) is 15.5 Å². The molecular formula is C23H21F7N4O4. The smallest absolute Gasteiger partial charge is 0.407 e. The van der Waals surface area contributed by atoms with Crippen molar-refractivity contribution in [2.75, 3.05) is 37.6 Å². The average Bonchev–Trinajstić information content (AvgIpc) is 3.15. The zero-order valence-corrected chi connectivity index (χ0v) is 19.4. The van der Waals surface area contributed by atoms with Gasteiger partial charge in [-0.3, -0.25) is 4.90 Å². The normalized spacial score (nSPS) is 17.4. The monoisotopic (exact) mass is 550 g/mol. The quantitative estimate of drug-likeness (QED) is 0.477. The average molecular weight is 550 g/mol. The van der Waals surface area contributed by atoms with Crippen molar-refractivity contribution in [1.29, 1.82) is 0 Å². The molecule has 15 heteroatoms. The lowest BCUT2D eigenvalue weighted by molar-refractivity contribution is -0.143. The van der Waals surface area contributed by atoms with Gasteiger partial charge in [-0.25, -0.2) is 14.0 Å². The Morgan fingerprint density at radius 2 is 1.71 bits per heavy atom. The van der Waals surface area contributed by atoms with E-state index in [1.54, 1.807) is 0 Å². The maximum absolute atomic E-state index is 13.9. The SMILES string of the molecule is O=C(NCc1ccc(F)cc1)Oc1c(N2CCN(CC3(O)CNC3)C2=O)cc(C(F)(F)F)cc1C(F)(F)F. The van der Waals surface area contributed by atoms with Gasteiger partial charge in [0.05, 0.1) is 17.8 Å². The van der Waals surface area contributed by atoms with Crippen molar-refractivity contribution >= 4 is 17.8 Å². The van der Waals surface area contributed by atoms with Crippen LogP contribution in [0, 0.1) is 5.82 Å². The summed E-state index contributed by atoms with van der Waals surface area (Å²) >= 11 is 0. The minimum Gasteiger partial charge on any atom is -0.407 e. The van der Waals surface area contributed by atoms with E-state index in [4.69, 9.17) is 4.74 Å². The predicted molar refractivity (Wildman–Crippen MR) is 118 cm³/mol. The van der Waals surface area contributed by atoms with Crippen molar-refractivity contribution in [3.63, 3.8) is 0 Å². The van der Waals surface area contributed by atoms with Gasteiger partial charge in [0.2, 0.25) is 0 Å². The second-order valence-corrected chi connectivity index (χ2v) is 8.92. The molecule has 2 saturated heterocycles. The van der Waals surface area contributed by atoms with Crippen LogP contribution in [-0.4, -0.2) is 60.5 Å². The number of urea groups is 1. The van der Waals surface area contributed by atoms with Gasteiger partial charge in [0.25, 0.3) is 0 Å². The number of nitrogens with zero attached hydrogens (tertiary/aromatic N) is 2. The first-order valence-corrected chi connectivity index (χ1v) is 11.2. The number of carbonyl (C=O) groups excluding carboxylic acids is 2. The summed E-state index contributed by atoms with van der Waals surface area (Å²) in [7, 11) is 0. The number of aliphatic hydroxyl groups is 1. The first-order valence-electron chi connectivity index (χ1n) is 11.2. The topological polar surface area (TPSA) is 94.1 Å². The molecule has 206 valence electrons. The van der Waals surface area contributed by atoms with E-state index in [2.05, 4.69) is 10.6 Å². The predicted octanol–water partition coefficient (Wildman–Crippen LogP) is 3.73. The van der Waals surface area contributed by atoms with E-state index in [0.717, 1.165) is 17.0 Å². The summed E-state index contributed by atoms with van der Waals surface area (Å²) < 4.78 is 100. The molecule has 2 aliphatic rings. The number of carbonyl (C=O) groups is 2. The van der Waals surface area contributed by atoms with Crippen molar-refractivity contribution in [2.45, 2.75) is 24.5 Å². The lowest BCUT2D eigenvalue weighted by Gasteiger charge is -2.40. The molecule has 0 bridgehead atoms. The van der Waals surface area contributed by atoms with Crippen LogP contribution in [0.3, 0.4) is 0 Å². The molecule has 38 heavy (non-hydrogen) atoms. The third-order valence-electron chi connectivity index (χ3n) is 6.03. The number of hydrogen-bond acceptors (Lipinski definition) is 5. The molecule has 2 fully saturated rings. The van der Waals surface area contributed by atoms with Crippen LogP contribution in [0.1, 0.15) is 16.7 Å². The highest BCUT2D eigenvalue weighted by Gasteiger charge is 2.45. The number of alkyl halides is 6. The zero-order chi connectivity index (χ0) is 27.9. The van der Waals surface area contributed by atoms with Gasteiger partial charge in [-0.2, -0.15) is 26.3 Å². The number of nitrogens with one attached hydrogen (secondary N) is 2. The second kappa shape index (κ2) is 9.94. The molecule has 2 aliphatic heterocycles. The molecule has 4 rings (SSSR count). The molecule has 0 spiro atoms. The fourth-order valence-electron chi connectivity index (χ4n) is 4.03. The van der Waals surface area contributed by atoms with E-state index in [1.807, 2.05) is 0 Å². The van der Waals surface area contributed by atoms with Crippen LogP contribution in [0.2, 0.25) is 0 Å². The Kier molecular flexibility index (Phi) is 7.18. The van der Waals surface area contributed by atoms with Crippen molar-refractivity contribution in [3.05, 3.63) is 58.9 Å². The molecule has 2 heterocycles. The van der Waals surface area contributed by atoms with Crippen molar-refractivity contribution in [2.24, 2.45) is 0 Å². The largest absolute Gasteiger partial charge is 0.420 e. The van der Waals surface area contributed by atoms with Crippen LogP contribution < -0.4 is 20.3 Å². The van der Waals surface area contributed by atoms with Gasteiger partial charge in [0.1, 0.15) is 17.0 Å². The fourth-order valence-corrected chi connectivity index (χ4v) is 4.03. The van der Waals surface area contributed by atoms with Crippen LogP contribution in [-0.2, 0) is 18.9 Å². The van der Waals surface area contributed by atoms with Gasteiger partial charge >= 0.3 is 24.5 Å². The zero-order valence-electron chi connectivity index (χ0n) is 19.4.